The Morgan fingerprint density at radius 2 is 1.51 bits per heavy atom. The fourth-order valence-corrected chi connectivity index (χ4v) is 7.36. The molecule has 1 radical (unpaired) electrons. The quantitative estimate of drug-likeness (QED) is 0.265. The first kappa shape index (κ1) is 33.3. The molecule has 7 nitrogen and oxygen atoms in total. The Morgan fingerprint density at radius 3 is 2.17 bits per heavy atom. The van der Waals surface area contributed by atoms with Crippen molar-refractivity contribution in [1.82, 2.24) is 24.6 Å². The molecular weight excluding hydrogens is 624 g/mol. The van der Waals surface area contributed by atoms with Crippen LogP contribution in [0.4, 0.5) is 26.3 Å². The van der Waals surface area contributed by atoms with Crippen LogP contribution in [-0.4, -0.2) is 95.9 Å². The molecule has 253 valence electrons. The molecule has 1 N–H and O–H groups in total. The van der Waals surface area contributed by atoms with Gasteiger partial charge in [-0.3, -0.25) is 14.5 Å². The number of hydrogen-bond donors (Lipinski definition) is 1. The van der Waals surface area contributed by atoms with E-state index in [1.165, 1.54) is 24.2 Å². The van der Waals surface area contributed by atoms with E-state index in [0.717, 1.165) is 42.4 Å². The molecule has 2 aromatic carbocycles. The van der Waals surface area contributed by atoms with E-state index in [-0.39, 0.29) is 38.2 Å². The lowest BCUT2D eigenvalue weighted by molar-refractivity contribution is -0.143. The van der Waals surface area contributed by atoms with Crippen molar-refractivity contribution >= 4 is 22.7 Å². The molecule has 0 saturated carbocycles. The molecular formula is C34H39F6N5O2+. The molecule has 3 aliphatic rings. The van der Waals surface area contributed by atoms with Crippen LogP contribution in [0, 0.1) is 0 Å². The number of carbonyl (C=O) groups excluding carboxylic acids is 2. The minimum atomic E-state index is -5.07. The summed E-state index contributed by atoms with van der Waals surface area (Å²) in [5.74, 6) is -0.919. The van der Waals surface area contributed by atoms with Crippen molar-refractivity contribution in [2.24, 2.45) is 0 Å². The average Bonchev–Trinajstić information content (AvgIpc) is 3.46. The summed E-state index contributed by atoms with van der Waals surface area (Å²) in [5, 5.41) is 0.906. The van der Waals surface area contributed by atoms with Gasteiger partial charge in [-0.25, -0.2) is 0 Å². The second-order valence-corrected chi connectivity index (χ2v) is 13.0. The lowest BCUT2D eigenvalue weighted by Gasteiger charge is -2.42. The standard InChI is InChI=1S/C34H39F6N5O2/c35-33(36,37)25-16-23(17-26(19-25)34(38,39)40)32(47)45-15-14-42(21-28(45)18-24-20-41-30-7-3-2-6-29(24)30)22-31(46)44-12-8-27(9-13-44)43-10-4-1-5-11-43/h2-3,6-7,16-17,19-20,27-28,41H,1,4-5,8-15,18,21-22H2/q+1/t28-/m1/s1. The average molecular weight is 664 g/mol. The lowest BCUT2D eigenvalue weighted by atomic mass is 9.98. The summed E-state index contributed by atoms with van der Waals surface area (Å²) in [6, 6.07) is 8.43. The number of aromatic amines is 1. The third kappa shape index (κ3) is 7.61. The van der Waals surface area contributed by atoms with Crippen molar-refractivity contribution in [2.75, 3.05) is 52.4 Å². The second-order valence-electron chi connectivity index (χ2n) is 13.0. The van der Waals surface area contributed by atoms with Gasteiger partial charge in [0.1, 0.15) is 19.1 Å². The fraction of sp³-hybridized carbons (Fsp3) is 0.529. The van der Waals surface area contributed by atoms with Gasteiger partial charge in [-0.1, -0.05) is 18.2 Å². The zero-order valence-electron chi connectivity index (χ0n) is 26.0. The number of piperidine rings is 2. The zero-order chi connectivity index (χ0) is 33.3. The van der Waals surface area contributed by atoms with E-state index < -0.39 is 41.0 Å². The first-order valence-corrected chi connectivity index (χ1v) is 16.3. The molecule has 3 aromatic rings. The van der Waals surface area contributed by atoms with Gasteiger partial charge in [0.25, 0.3) is 5.91 Å². The molecule has 0 aliphatic carbocycles. The van der Waals surface area contributed by atoms with Crippen molar-refractivity contribution in [1.29, 1.82) is 0 Å². The molecule has 6 rings (SSSR count). The molecule has 1 aromatic heterocycles. The molecule has 2 amide bonds. The largest absolute Gasteiger partial charge is 0.416 e. The molecule has 4 heterocycles. The van der Waals surface area contributed by atoms with E-state index in [1.54, 1.807) is 6.20 Å². The summed E-state index contributed by atoms with van der Waals surface area (Å²) >= 11 is 0. The van der Waals surface area contributed by atoms with E-state index in [2.05, 4.69) is 9.88 Å². The number of carbonyl (C=O) groups is 2. The maximum atomic E-state index is 13.8. The number of H-pyrrole nitrogens is 1. The van der Waals surface area contributed by atoms with Crippen molar-refractivity contribution in [3.05, 3.63) is 70.9 Å². The highest BCUT2D eigenvalue weighted by Crippen LogP contribution is 2.37. The summed E-state index contributed by atoms with van der Waals surface area (Å²) < 4.78 is 81.7. The van der Waals surface area contributed by atoms with Crippen LogP contribution in [0.1, 0.15) is 59.2 Å². The summed E-state index contributed by atoms with van der Waals surface area (Å²) in [4.78, 5) is 38.1. The SMILES string of the molecule is O=C(CN1CCN(C(=O)c2cc(C(F)(F)F)cc(C(F)(F)F)c2)[C@H](Cc2c[nH]c3ccccc23)C1)N1CCC([N+]2CCCCC2)CC1. The third-order valence-electron chi connectivity index (χ3n) is 9.88. The highest BCUT2D eigenvalue weighted by molar-refractivity contribution is 5.95. The second kappa shape index (κ2) is 13.5. The minimum Gasteiger partial charge on any atom is -0.361 e. The fourth-order valence-electron chi connectivity index (χ4n) is 7.36. The molecule has 47 heavy (non-hydrogen) atoms. The molecule has 3 aliphatic heterocycles. The topological polar surface area (TPSA) is 65.6 Å². The van der Waals surface area contributed by atoms with Crippen molar-refractivity contribution < 1.29 is 35.9 Å². The van der Waals surface area contributed by atoms with Gasteiger partial charge >= 0.3 is 12.4 Å². The molecule has 0 bridgehead atoms. The minimum absolute atomic E-state index is 0.0135. The van der Waals surface area contributed by atoms with Gasteiger partial charge in [0.15, 0.2) is 0 Å². The number of halogens is 6. The molecule has 0 spiro atoms. The number of fused-ring (bicyclic) bond motifs is 1. The molecule has 3 saturated heterocycles. The molecule has 0 unspecified atom stereocenters. The number of likely N-dealkylation sites (tertiary alicyclic amines) is 2. The maximum Gasteiger partial charge on any atom is 0.416 e. The number of rotatable bonds is 6. The molecule has 3 fully saturated rings. The Balaban J connectivity index is 1.20. The predicted molar refractivity (Wildman–Crippen MR) is 165 cm³/mol. The van der Waals surface area contributed by atoms with Gasteiger partial charge in [-0.2, -0.15) is 31.2 Å². The van der Waals surface area contributed by atoms with Crippen LogP contribution < -0.4 is 4.90 Å². The maximum absolute atomic E-state index is 13.8. The highest BCUT2D eigenvalue weighted by Gasteiger charge is 2.40. The first-order valence-electron chi connectivity index (χ1n) is 16.3. The third-order valence-corrected chi connectivity index (χ3v) is 9.88. The predicted octanol–water partition coefficient (Wildman–Crippen LogP) is 5.89. The van der Waals surface area contributed by atoms with E-state index in [1.807, 2.05) is 34.1 Å². The van der Waals surface area contributed by atoms with Crippen LogP contribution in [0.25, 0.3) is 10.9 Å². The normalized spacial score (nSPS) is 21.0. The first-order chi connectivity index (χ1) is 22.4. The molecule has 13 heteroatoms. The smallest absolute Gasteiger partial charge is 0.361 e. The number of para-hydroxylation sites is 1. The van der Waals surface area contributed by atoms with Gasteiger partial charge < -0.3 is 14.8 Å². The summed E-state index contributed by atoms with van der Waals surface area (Å²) in [6.07, 6.45) is -2.50. The number of benzene rings is 2. The van der Waals surface area contributed by atoms with Crippen LogP contribution in [0.2, 0.25) is 0 Å². The van der Waals surface area contributed by atoms with E-state index in [9.17, 15) is 35.9 Å². The van der Waals surface area contributed by atoms with Gasteiger partial charge in [0.05, 0.1) is 17.7 Å². The van der Waals surface area contributed by atoms with Gasteiger partial charge in [-0.15, -0.1) is 0 Å². The van der Waals surface area contributed by atoms with Crippen molar-refractivity contribution in [3.8, 4) is 0 Å². The summed E-state index contributed by atoms with van der Waals surface area (Å²) in [7, 11) is 0. The van der Waals surface area contributed by atoms with Crippen LogP contribution in [-0.2, 0) is 23.6 Å². The number of piperazine rings is 1. The number of nitrogens with one attached hydrogen (secondary N) is 1. The van der Waals surface area contributed by atoms with Gasteiger partial charge in [0, 0.05) is 87.1 Å². The Hall–Kier alpha value is -3.58. The van der Waals surface area contributed by atoms with Crippen LogP contribution in [0.15, 0.2) is 48.7 Å². The number of amides is 2. The number of nitrogens with zero attached hydrogens (tertiary/aromatic N) is 4. The van der Waals surface area contributed by atoms with Crippen LogP contribution >= 0.6 is 0 Å². The Kier molecular flexibility index (Phi) is 9.57. The monoisotopic (exact) mass is 663 g/mol. The van der Waals surface area contributed by atoms with E-state index in [4.69, 9.17) is 0 Å². The van der Waals surface area contributed by atoms with Crippen molar-refractivity contribution in [2.45, 2.75) is 63.0 Å². The number of hydrogen-bond acceptors (Lipinski definition) is 4. The summed E-state index contributed by atoms with van der Waals surface area (Å²) in [6.45, 7) is 4.25. The number of aromatic nitrogens is 1. The van der Waals surface area contributed by atoms with Gasteiger partial charge in [-0.05, 0) is 42.7 Å². The van der Waals surface area contributed by atoms with Crippen molar-refractivity contribution in [3.63, 3.8) is 0 Å². The van der Waals surface area contributed by atoms with E-state index in [0.29, 0.717) is 37.7 Å². The van der Waals surface area contributed by atoms with E-state index >= 15 is 0 Å². The lowest BCUT2D eigenvalue weighted by Crippen LogP contribution is -2.58. The zero-order valence-corrected chi connectivity index (χ0v) is 26.0. The number of alkyl halides is 6. The van der Waals surface area contributed by atoms with Crippen LogP contribution in [0.3, 0.4) is 0 Å². The van der Waals surface area contributed by atoms with Gasteiger partial charge in [0.2, 0.25) is 5.91 Å². The van der Waals surface area contributed by atoms with Crippen LogP contribution in [0.5, 0.6) is 0 Å². The Morgan fingerprint density at radius 1 is 0.851 bits per heavy atom. The highest BCUT2D eigenvalue weighted by atomic mass is 19.4. The molecule has 1 atom stereocenters. The summed E-state index contributed by atoms with van der Waals surface area (Å²) in [5.41, 5.74) is -2.01. The Bertz CT molecular complexity index is 1540. The Labute approximate surface area is 269 Å².